The molecule has 0 spiro atoms. The van der Waals surface area contributed by atoms with E-state index in [0.29, 0.717) is 23.0 Å². The Labute approximate surface area is 328 Å². The van der Waals surface area contributed by atoms with Crippen molar-refractivity contribution in [2.75, 3.05) is 0 Å². The molecule has 8 heteroatoms. The number of nitrogens with zero attached hydrogens (tertiary/aromatic N) is 2. The molecule has 8 aromatic rings. The zero-order valence-corrected chi connectivity index (χ0v) is 30.3. The highest BCUT2D eigenvalue weighted by Crippen LogP contribution is 2.57. The van der Waals surface area contributed by atoms with Crippen LogP contribution in [0.3, 0.4) is 0 Å². The highest BCUT2D eigenvalue weighted by atomic mass is 16.6. The molecule has 8 aromatic carbocycles. The highest BCUT2D eigenvalue weighted by Gasteiger charge is 2.46. The molecule has 0 fully saturated rings. The first-order valence-corrected chi connectivity index (χ1v) is 18.3. The van der Waals surface area contributed by atoms with Crippen molar-refractivity contribution in [3.63, 3.8) is 0 Å². The molecule has 0 unspecified atom stereocenters. The van der Waals surface area contributed by atoms with Crippen LogP contribution in [0.25, 0.3) is 33.4 Å². The Hall–Kier alpha value is -7.84. The van der Waals surface area contributed by atoms with Crippen molar-refractivity contribution in [3.05, 3.63) is 237 Å². The average Bonchev–Trinajstić information content (AvgIpc) is 3.56. The van der Waals surface area contributed by atoms with Gasteiger partial charge < -0.3 is 9.47 Å². The Bertz CT molecular complexity index is 2590. The van der Waals surface area contributed by atoms with Crippen LogP contribution >= 0.6 is 0 Å². The van der Waals surface area contributed by atoms with E-state index in [1.165, 1.54) is 24.3 Å². The van der Waals surface area contributed by atoms with Crippen LogP contribution in [0.15, 0.2) is 194 Å². The number of benzene rings is 8. The number of ether oxygens (including phenoxy) is 2. The van der Waals surface area contributed by atoms with Crippen LogP contribution in [0, 0.1) is 20.2 Å². The van der Waals surface area contributed by atoms with Crippen molar-refractivity contribution in [2.45, 2.75) is 5.41 Å². The number of nitro benzene ring substituents is 2. The normalized spacial score (nSPS) is 12.3. The van der Waals surface area contributed by atoms with Crippen LogP contribution in [0.5, 0.6) is 23.0 Å². The van der Waals surface area contributed by atoms with Gasteiger partial charge in [-0.1, -0.05) is 121 Å². The van der Waals surface area contributed by atoms with Crippen molar-refractivity contribution in [3.8, 4) is 56.4 Å². The highest BCUT2D eigenvalue weighted by molar-refractivity contribution is 5.88. The van der Waals surface area contributed by atoms with Gasteiger partial charge in [-0.25, -0.2) is 0 Å². The summed E-state index contributed by atoms with van der Waals surface area (Å²) < 4.78 is 13.0. The first kappa shape index (κ1) is 34.9. The van der Waals surface area contributed by atoms with Gasteiger partial charge in [0.1, 0.15) is 23.0 Å². The number of hydrogen-bond acceptors (Lipinski definition) is 6. The van der Waals surface area contributed by atoms with Crippen LogP contribution < -0.4 is 9.47 Å². The molecule has 274 valence electrons. The van der Waals surface area contributed by atoms with Crippen LogP contribution in [-0.4, -0.2) is 9.85 Å². The number of fused-ring (bicyclic) bond motifs is 3. The molecule has 0 aliphatic heterocycles. The quantitative estimate of drug-likeness (QED) is 0.102. The lowest BCUT2D eigenvalue weighted by Gasteiger charge is -2.35. The van der Waals surface area contributed by atoms with Crippen LogP contribution in [0.1, 0.15) is 22.3 Å². The van der Waals surface area contributed by atoms with Crippen molar-refractivity contribution >= 4 is 11.4 Å². The number of hydrogen-bond donors (Lipinski definition) is 0. The summed E-state index contributed by atoms with van der Waals surface area (Å²) in [6, 6.07) is 61.8. The Balaban J connectivity index is 1.27. The summed E-state index contributed by atoms with van der Waals surface area (Å²) in [4.78, 5) is 21.9. The third-order valence-electron chi connectivity index (χ3n) is 10.5. The van der Waals surface area contributed by atoms with E-state index in [1.54, 1.807) is 24.3 Å². The number of nitro groups is 2. The lowest BCUT2D eigenvalue weighted by atomic mass is 9.67. The predicted molar refractivity (Wildman–Crippen MR) is 221 cm³/mol. The van der Waals surface area contributed by atoms with Gasteiger partial charge in [0, 0.05) is 35.4 Å². The number of non-ortho nitro benzene ring substituents is 2. The summed E-state index contributed by atoms with van der Waals surface area (Å²) in [6.45, 7) is 0. The fraction of sp³-hybridized carbons (Fsp3) is 0.0204. The van der Waals surface area contributed by atoms with Crippen molar-refractivity contribution in [1.82, 2.24) is 0 Å². The topological polar surface area (TPSA) is 105 Å². The molecule has 1 aliphatic rings. The van der Waals surface area contributed by atoms with E-state index in [2.05, 4.69) is 72.8 Å². The summed E-state index contributed by atoms with van der Waals surface area (Å²) in [5.41, 5.74) is 9.32. The zero-order chi connectivity index (χ0) is 38.9. The molecule has 0 saturated heterocycles. The molecule has 0 N–H and O–H groups in total. The monoisotopic (exact) mass is 744 g/mol. The van der Waals surface area contributed by atoms with Gasteiger partial charge in [0.2, 0.25) is 0 Å². The molecule has 0 bridgehead atoms. The van der Waals surface area contributed by atoms with Crippen molar-refractivity contribution < 1.29 is 19.3 Å². The maximum Gasteiger partial charge on any atom is 0.269 e. The second-order valence-electron chi connectivity index (χ2n) is 13.7. The Morgan fingerprint density at radius 2 is 0.754 bits per heavy atom. The van der Waals surface area contributed by atoms with E-state index in [1.807, 2.05) is 72.8 Å². The second-order valence-corrected chi connectivity index (χ2v) is 13.7. The van der Waals surface area contributed by atoms with E-state index >= 15 is 0 Å². The molecular weight excluding hydrogens is 713 g/mol. The maximum absolute atomic E-state index is 11.4. The molecule has 0 atom stereocenters. The van der Waals surface area contributed by atoms with E-state index in [-0.39, 0.29) is 11.4 Å². The van der Waals surface area contributed by atoms with Gasteiger partial charge in [0.15, 0.2) is 0 Å². The minimum absolute atomic E-state index is 0.0134. The van der Waals surface area contributed by atoms with Crippen LogP contribution in [-0.2, 0) is 5.41 Å². The number of rotatable bonds is 10. The standard InChI is InChI=1S/C49H32N2O6/c52-50(53)37-21-25-39(26-22-37)56-47-29-19-35(31-43(47)33-11-3-1-4-12-33)49(45-17-9-7-15-41(45)42-16-8-10-18-46(42)49)36-20-30-48(44(32-36)34-13-5-2-6-14-34)57-40-27-23-38(24-28-40)51(54)55/h1-32H. The molecule has 0 aromatic heterocycles. The maximum atomic E-state index is 11.4. The molecule has 8 nitrogen and oxygen atoms in total. The summed E-state index contributed by atoms with van der Waals surface area (Å²) in [5.74, 6) is 2.16. The molecule has 0 amide bonds. The Morgan fingerprint density at radius 1 is 0.386 bits per heavy atom. The van der Waals surface area contributed by atoms with Gasteiger partial charge >= 0.3 is 0 Å². The second kappa shape index (κ2) is 14.4. The molecule has 1 aliphatic carbocycles. The molecule has 0 heterocycles. The van der Waals surface area contributed by atoms with Gasteiger partial charge in [-0.05, 0) is 93.0 Å². The predicted octanol–water partition coefficient (Wildman–Crippen LogP) is 12.8. The van der Waals surface area contributed by atoms with Gasteiger partial charge in [0.25, 0.3) is 11.4 Å². The third-order valence-corrected chi connectivity index (χ3v) is 10.5. The van der Waals surface area contributed by atoms with E-state index in [9.17, 15) is 20.2 Å². The van der Waals surface area contributed by atoms with Crippen LogP contribution in [0.2, 0.25) is 0 Å². The van der Waals surface area contributed by atoms with E-state index < -0.39 is 15.3 Å². The van der Waals surface area contributed by atoms with E-state index in [4.69, 9.17) is 9.47 Å². The molecule has 0 radical (unpaired) electrons. The minimum Gasteiger partial charge on any atom is -0.457 e. The fourth-order valence-corrected chi connectivity index (χ4v) is 7.94. The first-order valence-electron chi connectivity index (χ1n) is 18.3. The Kier molecular flexibility index (Phi) is 8.83. The third kappa shape index (κ3) is 6.25. The zero-order valence-electron chi connectivity index (χ0n) is 30.3. The van der Waals surface area contributed by atoms with Gasteiger partial charge in [-0.3, -0.25) is 20.2 Å². The molecular formula is C49H32N2O6. The molecule has 57 heavy (non-hydrogen) atoms. The van der Waals surface area contributed by atoms with Crippen LogP contribution in [0.4, 0.5) is 11.4 Å². The molecule has 9 rings (SSSR count). The lowest BCUT2D eigenvalue weighted by molar-refractivity contribution is -0.385. The smallest absolute Gasteiger partial charge is 0.269 e. The van der Waals surface area contributed by atoms with Gasteiger partial charge in [-0.15, -0.1) is 0 Å². The first-order chi connectivity index (χ1) is 27.9. The molecule has 0 saturated carbocycles. The summed E-state index contributed by atoms with van der Waals surface area (Å²) in [7, 11) is 0. The van der Waals surface area contributed by atoms with Crippen molar-refractivity contribution in [2.24, 2.45) is 0 Å². The average molecular weight is 745 g/mol. The Morgan fingerprint density at radius 3 is 1.14 bits per heavy atom. The van der Waals surface area contributed by atoms with Gasteiger partial charge in [-0.2, -0.15) is 0 Å². The summed E-state index contributed by atoms with van der Waals surface area (Å²) in [6.07, 6.45) is 0. The fourth-order valence-electron chi connectivity index (χ4n) is 7.94. The van der Waals surface area contributed by atoms with E-state index in [0.717, 1.165) is 55.6 Å². The largest absolute Gasteiger partial charge is 0.457 e. The van der Waals surface area contributed by atoms with Gasteiger partial charge in [0.05, 0.1) is 15.3 Å². The lowest BCUT2D eigenvalue weighted by Crippen LogP contribution is -2.28. The van der Waals surface area contributed by atoms with Crippen molar-refractivity contribution in [1.29, 1.82) is 0 Å². The SMILES string of the molecule is O=[N+]([O-])c1ccc(Oc2ccc(C3(c4ccc(Oc5ccc([N+](=O)[O-])cc5)c(-c5ccccc5)c4)c4ccccc4-c4ccccc43)cc2-c2ccccc2)cc1. The minimum atomic E-state index is -0.794. The summed E-state index contributed by atoms with van der Waals surface area (Å²) >= 11 is 0. The summed E-state index contributed by atoms with van der Waals surface area (Å²) in [5, 5.41) is 22.7.